The van der Waals surface area contributed by atoms with Gasteiger partial charge < -0.3 is 14.6 Å². The van der Waals surface area contributed by atoms with Crippen LogP contribution < -0.4 is 9.47 Å². The molecule has 20 heavy (non-hydrogen) atoms. The highest BCUT2D eigenvalue weighted by atomic mass is 16.5. The summed E-state index contributed by atoms with van der Waals surface area (Å²) in [6.45, 7) is 9.22. The average Bonchev–Trinajstić information content (AvgIpc) is 2.47. The van der Waals surface area contributed by atoms with E-state index in [-0.39, 0.29) is 11.8 Å². The summed E-state index contributed by atoms with van der Waals surface area (Å²) in [7, 11) is 0. The van der Waals surface area contributed by atoms with Crippen LogP contribution in [-0.4, -0.2) is 24.3 Å². The Hall–Kier alpha value is -1.71. The van der Waals surface area contributed by atoms with E-state index in [4.69, 9.17) is 14.6 Å². The van der Waals surface area contributed by atoms with Crippen LogP contribution >= 0.6 is 0 Å². The van der Waals surface area contributed by atoms with Crippen LogP contribution in [0.1, 0.15) is 39.7 Å². The summed E-state index contributed by atoms with van der Waals surface area (Å²) >= 11 is 0. The van der Waals surface area contributed by atoms with Crippen LogP contribution in [0.5, 0.6) is 11.5 Å². The van der Waals surface area contributed by atoms with Crippen molar-refractivity contribution in [1.29, 1.82) is 0 Å². The predicted molar refractivity (Wildman–Crippen MR) is 76.5 cm³/mol. The highest BCUT2D eigenvalue weighted by Gasteiger charge is 2.28. The third-order valence-electron chi connectivity index (χ3n) is 3.56. The van der Waals surface area contributed by atoms with Gasteiger partial charge in [-0.3, -0.25) is 4.79 Å². The first kappa shape index (κ1) is 14.7. The number of hydrogen-bond acceptors (Lipinski definition) is 3. The van der Waals surface area contributed by atoms with Gasteiger partial charge >= 0.3 is 5.97 Å². The maximum absolute atomic E-state index is 11.0. The lowest BCUT2D eigenvalue weighted by molar-refractivity contribution is -0.138. The Balaban J connectivity index is 2.29. The molecule has 0 radical (unpaired) electrons. The van der Waals surface area contributed by atoms with Crippen LogP contribution in [0.25, 0.3) is 0 Å². The first-order valence-electron chi connectivity index (χ1n) is 6.82. The number of rotatable bonds is 3. The third-order valence-corrected chi connectivity index (χ3v) is 3.56. The average molecular weight is 278 g/mol. The molecule has 0 saturated heterocycles. The van der Waals surface area contributed by atoms with E-state index in [0.717, 1.165) is 11.3 Å². The van der Waals surface area contributed by atoms with Crippen LogP contribution in [0.4, 0.5) is 0 Å². The molecule has 2 rings (SSSR count). The third kappa shape index (κ3) is 3.24. The second-order valence-corrected chi connectivity index (χ2v) is 6.86. The molecule has 4 heteroatoms. The molecule has 1 heterocycles. The molecule has 1 aromatic carbocycles. The molecule has 0 atom stereocenters. The van der Waals surface area contributed by atoms with E-state index in [1.54, 1.807) is 0 Å². The summed E-state index contributed by atoms with van der Waals surface area (Å²) in [5.74, 6) is 0.625. The Kier molecular flexibility index (Phi) is 3.67. The molecule has 4 nitrogen and oxygen atoms in total. The quantitative estimate of drug-likeness (QED) is 0.922. The number of fused-ring (bicyclic) bond motifs is 1. The van der Waals surface area contributed by atoms with Crippen molar-refractivity contribution in [1.82, 2.24) is 0 Å². The van der Waals surface area contributed by atoms with Gasteiger partial charge in [0.1, 0.15) is 0 Å². The number of ether oxygens (including phenoxy) is 2. The van der Waals surface area contributed by atoms with Gasteiger partial charge in [-0.1, -0.05) is 33.8 Å². The summed E-state index contributed by atoms with van der Waals surface area (Å²) in [6, 6.07) is 5.69. The van der Waals surface area contributed by atoms with Gasteiger partial charge in [0, 0.05) is 10.8 Å². The molecule has 1 N–H and O–H groups in total. The van der Waals surface area contributed by atoms with E-state index in [0.29, 0.717) is 19.0 Å². The van der Waals surface area contributed by atoms with Gasteiger partial charge in [-0.25, -0.2) is 0 Å². The second-order valence-electron chi connectivity index (χ2n) is 6.86. The molecule has 0 spiro atoms. The van der Waals surface area contributed by atoms with Crippen LogP contribution in [-0.2, 0) is 10.2 Å². The fourth-order valence-electron chi connectivity index (χ4n) is 2.23. The lowest BCUT2D eigenvalue weighted by Gasteiger charge is -2.24. The topological polar surface area (TPSA) is 55.8 Å². The van der Waals surface area contributed by atoms with Crippen molar-refractivity contribution in [2.45, 2.75) is 39.5 Å². The van der Waals surface area contributed by atoms with Crippen molar-refractivity contribution in [2.24, 2.45) is 5.41 Å². The molecule has 0 aromatic heterocycles. The second kappa shape index (κ2) is 5.00. The van der Waals surface area contributed by atoms with E-state index < -0.39 is 11.4 Å². The maximum atomic E-state index is 11.0. The summed E-state index contributed by atoms with van der Waals surface area (Å²) in [5, 5.41) is 9.01. The van der Waals surface area contributed by atoms with Crippen molar-refractivity contribution < 1.29 is 19.4 Å². The Morgan fingerprint density at radius 2 is 1.85 bits per heavy atom. The summed E-state index contributed by atoms with van der Waals surface area (Å²) in [5.41, 5.74) is 0.476. The van der Waals surface area contributed by atoms with E-state index in [1.165, 1.54) is 0 Å². The minimum atomic E-state index is -0.803. The highest BCUT2D eigenvalue weighted by molar-refractivity contribution is 5.69. The van der Waals surface area contributed by atoms with Crippen molar-refractivity contribution in [3.05, 3.63) is 23.8 Å². The van der Waals surface area contributed by atoms with E-state index >= 15 is 0 Å². The normalized spacial score (nSPS) is 17.4. The lowest BCUT2D eigenvalue weighted by atomic mass is 9.81. The Labute approximate surface area is 119 Å². The van der Waals surface area contributed by atoms with Crippen LogP contribution in [0.3, 0.4) is 0 Å². The van der Waals surface area contributed by atoms with Crippen LogP contribution in [0.2, 0.25) is 0 Å². The van der Waals surface area contributed by atoms with Crippen LogP contribution in [0.15, 0.2) is 18.2 Å². The zero-order valence-corrected chi connectivity index (χ0v) is 12.5. The van der Waals surface area contributed by atoms with Crippen LogP contribution in [0, 0.1) is 5.41 Å². The van der Waals surface area contributed by atoms with Gasteiger partial charge in [0.2, 0.25) is 0 Å². The molecule has 0 amide bonds. The maximum Gasteiger partial charge on any atom is 0.304 e. The highest BCUT2D eigenvalue weighted by Crippen LogP contribution is 2.38. The first-order valence-corrected chi connectivity index (χ1v) is 6.82. The largest absolute Gasteiger partial charge is 0.489 e. The molecular formula is C16H22O4. The van der Waals surface area contributed by atoms with Gasteiger partial charge in [0.15, 0.2) is 11.5 Å². The minimum Gasteiger partial charge on any atom is -0.489 e. The molecule has 1 aliphatic heterocycles. The molecular weight excluding hydrogens is 256 g/mol. The molecule has 0 fully saturated rings. The molecule has 1 aromatic rings. The fraction of sp³-hybridized carbons (Fsp3) is 0.562. The molecule has 0 unspecified atom stereocenters. The Bertz CT molecular complexity index is 517. The predicted octanol–water partition coefficient (Wildman–Crippen LogP) is 3.24. The zero-order valence-electron chi connectivity index (χ0n) is 12.5. The minimum absolute atomic E-state index is 0.0320. The zero-order chi connectivity index (χ0) is 15.0. The Morgan fingerprint density at radius 1 is 1.25 bits per heavy atom. The van der Waals surface area contributed by atoms with Crippen molar-refractivity contribution in [3.63, 3.8) is 0 Å². The van der Waals surface area contributed by atoms with Gasteiger partial charge in [0.05, 0.1) is 19.6 Å². The van der Waals surface area contributed by atoms with E-state index in [1.807, 2.05) is 32.0 Å². The molecule has 0 bridgehead atoms. The van der Waals surface area contributed by atoms with Gasteiger partial charge in [-0.2, -0.15) is 0 Å². The number of aliphatic carboxylic acids is 1. The monoisotopic (exact) mass is 278 g/mol. The molecule has 0 saturated carbocycles. The number of carboxylic acid groups (broad SMARTS) is 1. The van der Waals surface area contributed by atoms with Crippen molar-refractivity contribution >= 4 is 5.97 Å². The first-order chi connectivity index (χ1) is 9.20. The standard InChI is InChI=1S/C16H22O4/c1-15(2)9-19-12-6-5-11(7-13(12)20-10-15)16(3,4)8-14(17)18/h5-7H,8-10H2,1-4H3,(H,17,18). The number of hydrogen-bond donors (Lipinski definition) is 1. The molecule has 1 aliphatic rings. The number of benzene rings is 1. The number of carboxylic acids is 1. The van der Waals surface area contributed by atoms with Gasteiger partial charge in [-0.05, 0) is 17.7 Å². The SMILES string of the molecule is CC1(C)COc2ccc(C(C)(C)CC(=O)O)cc2OC1. The number of carbonyl (C=O) groups is 1. The van der Waals surface area contributed by atoms with Crippen molar-refractivity contribution in [2.75, 3.05) is 13.2 Å². The van der Waals surface area contributed by atoms with E-state index in [2.05, 4.69) is 13.8 Å². The van der Waals surface area contributed by atoms with Gasteiger partial charge in [-0.15, -0.1) is 0 Å². The summed E-state index contributed by atoms with van der Waals surface area (Å²) in [6.07, 6.45) is 0.0815. The smallest absolute Gasteiger partial charge is 0.304 e. The summed E-state index contributed by atoms with van der Waals surface area (Å²) in [4.78, 5) is 11.0. The van der Waals surface area contributed by atoms with Gasteiger partial charge in [0.25, 0.3) is 0 Å². The molecule has 110 valence electrons. The molecule has 0 aliphatic carbocycles. The Morgan fingerprint density at radius 3 is 2.45 bits per heavy atom. The van der Waals surface area contributed by atoms with Crippen molar-refractivity contribution in [3.8, 4) is 11.5 Å². The fourth-order valence-corrected chi connectivity index (χ4v) is 2.23. The van der Waals surface area contributed by atoms with E-state index in [9.17, 15) is 4.79 Å². The lowest BCUT2D eigenvalue weighted by Crippen LogP contribution is -2.26. The summed E-state index contributed by atoms with van der Waals surface area (Å²) < 4.78 is 11.6.